The summed E-state index contributed by atoms with van der Waals surface area (Å²) in [5.41, 5.74) is 0. The van der Waals surface area contributed by atoms with E-state index < -0.39 is 0 Å². The number of hydrogen-bond acceptors (Lipinski definition) is 8. The van der Waals surface area contributed by atoms with E-state index in [1.807, 2.05) is 11.9 Å². The van der Waals surface area contributed by atoms with E-state index in [0.29, 0.717) is 0 Å². The highest BCUT2D eigenvalue weighted by Gasteiger charge is 2.47. The van der Waals surface area contributed by atoms with Crippen molar-refractivity contribution in [2.75, 3.05) is 78.0 Å². The molecule has 5 nitrogen and oxygen atoms in total. The smallest absolute Gasteiger partial charge is 0.113 e. The largest absolute Gasteiger partial charge is 0.314 e. The highest BCUT2D eigenvalue weighted by molar-refractivity contribution is 7.97. The molecule has 2 aliphatic rings. The van der Waals surface area contributed by atoms with Crippen molar-refractivity contribution in [1.29, 1.82) is 0 Å². The molecule has 3 unspecified atom stereocenters. The molecule has 3 atom stereocenters. The van der Waals surface area contributed by atoms with Gasteiger partial charge in [0.25, 0.3) is 0 Å². The van der Waals surface area contributed by atoms with Gasteiger partial charge in [0.05, 0.1) is 18.8 Å². The zero-order valence-electron chi connectivity index (χ0n) is 14.3. The van der Waals surface area contributed by atoms with Gasteiger partial charge in [-0.25, -0.2) is 4.59 Å². The molecule has 1 N–H and O–H groups in total. The monoisotopic (exact) mass is 398 g/mol. The topological polar surface area (TPSA) is 21.8 Å². The van der Waals surface area contributed by atoms with Crippen molar-refractivity contribution < 1.29 is 4.59 Å². The predicted molar refractivity (Wildman–Crippen MR) is 112 cm³/mol. The number of quaternary nitrogens is 1. The fourth-order valence-corrected chi connectivity index (χ4v) is 5.31. The quantitative estimate of drug-likeness (QED) is 0.187. The van der Waals surface area contributed by atoms with Gasteiger partial charge in [0.1, 0.15) is 13.1 Å². The molecule has 2 rings (SSSR count). The Bertz CT molecular complexity index is 364. The molecule has 2 heterocycles. The van der Waals surface area contributed by atoms with Crippen LogP contribution in [-0.2, 0) is 0 Å². The second kappa shape index (κ2) is 9.78. The molecule has 2 fully saturated rings. The van der Waals surface area contributed by atoms with Gasteiger partial charge in [-0.2, -0.15) is 42.9 Å². The molecule has 0 amide bonds. The zero-order valence-corrected chi connectivity index (χ0v) is 17.8. The molecule has 9 heteroatoms. The van der Waals surface area contributed by atoms with Crippen molar-refractivity contribution in [2.24, 2.45) is 0 Å². The molecule has 2 saturated heterocycles. The molecule has 0 aliphatic carbocycles. The maximum atomic E-state index is 4.85. The van der Waals surface area contributed by atoms with E-state index in [4.69, 9.17) is 25.3 Å². The van der Waals surface area contributed by atoms with Gasteiger partial charge in [-0.1, -0.05) is 0 Å². The van der Waals surface area contributed by atoms with E-state index in [-0.39, 0.29) is 10.5 Å². The Morgan fingerprint density at radius 2 is 2.04 bits per heavy atom. The lowest BCUT2D eigenvalue weighted by Gasteiger charge is -2.37. The van der Waals surface area contributed by atoms with Crippen molar-refractivity contribution >= 4 is 49.8 Å². The second-order valence-corrected chi connectivity index (χ2v) is 9.42. The number of nitrogens with zero attached hydrogens (tertiary/aromatic N) is 4. The summed E-state index contributed by atoms with van der Waals surface area (Å²) in [6, 6.07) is 0. The maximum absolute atomic E-state index is 4.85. The van der Waals surface area contributed by atoms with Crippen LogP contribution in [0.3, 0.4) is 0 Å². The fourth-order valence-electron chi connectivity index (χ4n) is 3.08. The summed E-state index contributed by atoms with van der Waals surface area (Å²) in [4.78, 5) is 2.29. The van der Waals surface area contributed by atoms with Crippen LogP contribution in [-0.4, -0.2) is 107 Å². The summed E-state index contributed by atoms with van der Waals surface area (Å²) in [5.74, 6) is 2.11. The third kappa shape index (κ3) is 5.86. The van der Waals surface area contributed by atoms with Crippen LogP contribution < -0.4 is 5.32 Å². The number of nitrogens with one attached hydrogen (secondary N) is 1. The maximum Gasteiger partial charge on any atom is 0.113 e. The van der Waals surface area contributed by atoms with E-state index in [0.717, 1.165) is 49.6 Å². The third-order valence-electron chi connectivity index (χ3n) is 4.58. The molecule has 0 radical (unpaired) electrons. The van der Waals surface area contributed by atoms with Gasteiger partial charge < -0.3 is 10.2 Å². The summed E-state index contributed by atoms with van der Waals surface area (Å²) in [6.07, 6.45) is 0. The van der Waals surface area contributed by atoms with E-state index >= 15 is 0 Å². The molecule has 0 aromatic carbocycles. The highest BCUT2D eigenvalue weighted by atomic mass is 32.2. The van der Waals surface area contributed by atoms with Crippen LogP contribution in [0.2, 0.25) is 0 Å². The van der Waals surface area contributed by atoms with E-state index in [1.165, 1.54) is 18.8 Å². The molecular weight excluding hydrogens is 366 g/mol. The molecule has 0 aromatic rings. The number of thiol groups is 3. The van der Waals surface area contributed by atoms with E-state index in [1.54, 1.807) is 0 Å². The van der Waals surface area contributed by atoms with Gasteiger partial charge >= 0.3 is 0 Å². The van der Waals surface area contributed by atoms with Crippen LogP contribution >= 0.6 is 49.8 Å². The second-order valence-electron chi connectivity index (χ2n) is 6.65. The Balaban J connectivity index is 1.67. The minimum Gasteiger partial charge on any atom is -0.314 e. The fraction of sp³-hybridized carbons (Fsp3) is 1.00. The van der Waals surface area contributed by atoms with Crippen LogP contribution in [0, 0.1) is 0 Å². The van der Waals surface area contributed by atoms with Crippen molar-refractivity contribution in [1.82, 2.24) is 19.7 Å². The molecule has 0 saturated carbocycles. The number of hydrazine groups is 1. The normalized spacial score (nSPS) is 28.4. The van der Waals surface area contributed by atoms with Crippen LogP contribution in [0.4, 0.5) is 0 Å². The van der Waals surface area contributed by atoms with Gasteiger partial charge in [0.15, 0.2) is 0 Å². The first-order valence-corrected chi connectivity index (χ1v) is 11.0. The Hall–Kier alpha value is 1.20. The number of fused-ring (bicyclic) bond motifs is 1. The van der Waals surface area contributed by atoms with Gasteiger partial charge in [-0.3, -0.25) is 0 Å². The van der Waals surface area contributed by atoms with Crippen molar-refractivity contribution in [2.45, 2.75) is 10.5 Å². The first kappa shape index (κ1) is 20.5. The zero-order chi connectivity index (χ0) is 16.9. The molecule has 136 valence electrons. The SMILES string of the molecule is CN(CCS)CCNCC(S)C(S)C[N+]1(C)CCN2CCSN21. The predicted octanol–water partition coefficient (Wildman–Crippen LogP) is 0.590. The van der Waals surface area contributed by atoms with Crippen molar-refractivity contribution in [3.05, 3.63) is 0 Å². The number of likely N-dealkylation sites (N-methyl/N-ethyl adjacent to an activating group) is 2. The summed E-state index contributed by atoms with van der Waals surface area (Å²) in [6.45, 7) is 8.52. The third-order valence-corrected chi connectivity index (χ3v) is 7.30. The number of rotatable bonds is 10. The highest BCUT2D eigenvalue weighted by Crippen LogP contribution is 2.34. The number of hydrogen-bond donors (Lipinski definition) is 4. The summed E-state index contributed by atoms with van der Waals surface area (Å²) >= 11 is 15.8. The lowest BCUT2D eigenvalue weighted by molar-refractivity contribution is -0.995. The lowest BCUT2D eigenvalue weighted by atomic mass is 10.2. The van der Waals surface area contributed by atoms with Crippen LogP contribution in [0.1, 0.15) is 0 Å². The summed E-state index contributed by atoms with van der Waals surface area (Å²) < 4.78 is 3.41. The Labute approximate surface area is 162 Å². The Morgan fingerprint density at radius 1 is 1.26 bits per heavy atom. The van der Waals surface area contributed by atoms with Gasteiger partial charge in [0, 0.05) is 49.5 Å². The molecule has 0 spiro atoms. The Morgan fingerprint density at radius 3 is 2.78 bits per heavy atom. The molecule has 2 aliphatic heterocycles. The molecule has 0 bridgehead atoms. The van der Waals surface area contributed by atoms with Gasteiger partial charge in [-0.05, 0) is 23.5 Å². The first-order chi connectivity index (χ1) is 11.0. The molecule has 23 heavy (non-hydrogen) atoms. The molecule has 0 aromatic heterocycles. The van der Waals surface area contributed by atoms with Crippen LogP contribution in [0.5, 0.6) is 0 Å². The van der Waals surface area contributed by atoms with E-state index in [9.17, 15) is 0 Å². The minimum absolute atomic E-state index is 0.269. The van der Waals surface area contributed by atoms with E-state index in [2.05, 4.69) is 46.5 Å². The molecular formula is C14H32N5S4+. The standard InChI is InChI=1S/C14H31N5S4/c1-16(6-9-20)4-3-15-11-13(21)14(22)12-19(2)8-5-17-7-10-23-18(17)19/h13-15H,3-12H2,1-2H3,(H2-,20,21,22)/p+1. The lowest BCUT2D eigenvalue weighted by Crippen LogP contribution is -2.55. The Kier molecular flexibility index (Phi) is 8.72. The minimum atomic E-state index is 0.269. The van der Waals surface area contributed by atoms with Crippen LogP contribution in [0.15, 0.2) is 0 Å². The van der Waals surface area contributed by atoms with Crippen LogP contribution in [0.25, 0.3) is 0 Å². The van der Waals surface area contributed by atoms with Crippen molar-refractivity contribution in [3.8, 4) is 0 Å². The summed E-state index contributed by atoms with van der Waals surface area (Å²) in [7, 11) is 4.46. The van der Waals surface area contributed by atoms with Gasteiger partial charge in [0.2, 0.25) is 0 Å². The summed E-state index contributed by atoms with van der Waals surface area (Å²) in [5, 5.41) is 6.53. The average molecular weight is 399 g/mol. The average Bonchev–Trinajstić information content (AvgIpc) is 3.09. The first-order valence-electron chi connectivity index (χ1n) is 8.35. The van der Waals surface area contributed by atoms with Gasteiger partial charge in [-0.15, -0.1) is 0 Å². The van der Waals surface area contributed by atoms with Crippen molar-refractivity contribution in [3.63, 3.8) is 0 Å².